The fourth-order valence-electron chi connectivity index (χ4n) is 2.35. The van der Waals surface area contributed by atoms with Gasteiger partial charge in [-0.2, -0.15) is 9.78 Å². The summed E-state index contributed by atoms with van der Waals surface area (Å²) in [7, 11) is 0. The summed E-state index contributed by atoms with van der Waals surface area (Å²) in [6.07, 6.45) is 0. The van der Waals surface area contributed by atoms with E-state index in [-0.39, 0.29) is 4.58 Å². The Balaban J connectivity index is 1.75. The second-order valence-corrected chi connectivity index (χ2v) is 8.20. The fraction of sp³-hybridized carbons (Fsp3) is 0.118. The molecule has 1 unspecified atom stereocenters. The van der Waals surface area contributed by atoms with Gasteiger partial charge in [0.2, 0.25) is 5.16 Å². The van der Waals surface area contributed by atoms with E-state index in [9.17, 15) is 0 Å². The number of benzene rings is 2. The first-order chi connectivity index (χ1) is 11.7. The summed E-state index contributed by atoms with van der Waals surface area (Å²) in [6, 6.07) is 18.1. The molecule has 3 aromatic rings. The molecule has 0 radical (unpaired) electrons. The summed E-state index contributed by atoms with van der Waals surface area (Å²) in [4.78, 5) is 1.20. The molecule has 4 rings (SSSR count). The first-order valence-electron chi connectivity index (χ1n) is 7.36. The minimum Gasteiger partial charge on any atom is -0.191 e. The van der Waals surface area contributed by atoms with Gasteiger partial charge in [0, 0.05) is 9.92 Å². The number of aryl methyl sites for hydroxylation is 1. The van der Waals surface area contributed by atoms with Crippen molar-refractivity contribution < 1.29 is 0 Å². The quantitative estimate of drug-likeness (QED) is 0.667. The summed E-state index contributed by atoms with van der Waals surface area (Å²) in [5.74, 6) is 0.784. The third-order valence-corrected chi connectivity index (χ3v) is 6.25. The van der Waals surface area contributed by atoms with Crippen LogP contribution in [0.2, 0.25) is 5.02 Å². The third kappa shape index (κ3) is 3.09. The van der Waals surface area contributed by atoms with Crippen molar-refractivity contribution in [2.24, 2.45) is 5.10 Å². The van der Waals surface area contributed by atoms with E-state index >= 15 is 0 Å². The molecule has 0 bridgehead atoms. The number of hydrogen-bond acceptors (Lipinski definition) is 5. The highest BCUT2D eigenvalue weighted by molar-refractivity contribution is 8.18. The zero-order chi connectivity index (χ0) is 16.5. The van der Waals surface area contributed by atoms with E-state index in [1.807, 2.05) is 49.4 Å². The molecule has 1 aliphatic rings. The molecule has 0 aliphatic carbocycles. The lowest BCUT2D eigenvalue weighted by molar-refractivity contribution is 0.733. The average Bonchev–Trinajstić information content (AvgIpc) is 2.96. The van der Waals surface area contributed by atoms with Gasteiger partial charge < -0.3 is 0 Å². The van der Waals surface area contributed by atoms with Crippen LogP contribution in [0.1, 0.15) is 11.4 Å². The lowest BCUT2D eigenvalue weighted by Crippen LogP contribution is -2.22. The highest BCUT2D eigenvalue weighted by atomic mass is 35.5. The Morgan fingerprint density at radius 1 is 1.04 bits per heavy atom. The second-order valence-electron chi connectivity index (χ2n) is 5.21. The first kappa shape index (κ1) is 15.7. The van der Waals surface area contributed by atoms with Gasteiger partial charge in [-0.15, -0.1) is 22.0 Å². The van der Waals surface area contributed by atoms with E-state index in [1.165, 1.54) is 4.90 Å². The van der Waals surface area contributed by atoms with Crippen LogP contribution in [0.15, 0.2) is 69.8 Å². The highest BCUT2D eigenvalue weighted by Gasteiger charge is 2.28. The van der Waals surface area contributed by atoms with E-state index in [0.717, 1.165) is 27.3 Å². The van der Waals surface area contributed by atoms with Crippen molar-refractivity contribution in [1.82, 2.24) is 14.9 Å². The molecule has 0 saturated carbocycles. The maximum absolute atomic E-state index is 6.03. The molecule has 24 heavy (non-hydrogen) atoms. The number of aromatic nitrogens is 3. The maximum Gasteiger partial charge on any atom is 0.213 e. The lowest BCUT2D eigenvalue weighted by Gasteiger charge is -2.22. The van der Waals surface area contributed by atoms with Gasteiger partial charge in [-0.25, -0.2) is 0 Å². The largest absolute Gasteiger partial charge is 0.213 e. The van der Waals surface area contributed by atoms with Crippen molar-refractivity contribution in [3.63, 3.8) is 0 Å². The Morgan fingerprint density at radius 2 is 1.79 bits per heavy atom. The Bertz CT molecular complexity index is 891. The number of nitrogens with zero attached hydrogens (tertiary/aromatic N) is 4. The monoisotopic (exact) mass is 372 g/mol. The SMILES string of the molecule is Cc1nnc2n1N=C(c1ccc(Cl)cc1)C(Sc1ccccc1)S2. The molecular weight excluding hydrogens is 360 g/mol. The normalized spacial score (nSPS) is 16.6. The van der Waals surface area contributed by atoms with E-state index < -0.39 is 0 Å². The maximum atomic E-state index is 6.03. The van der Waals surface area contributed by atoms with Gasteiger partial charge in [0.25, 0.3) is 0 Å². The summed E-state index contributed by atoms with van der Waals surface area (Å²) in [6.45, 7) is 1.91. The van der Waals surface area contributed by atoms with E-state index in [1.54, 1.807) is 28.2 Å². The van der Waals surface area contributed by atoms with Gasteiger partial charge in [-0.1, -0.05) is 53.7 Å². The number of thioether (sulfide) groups is 2. The molecule has 1 atom stereocenters. The first-order valence-corrected chi connectivity index (χ1v) is 9.49. The number of rotatable bonds is 3. The minimum absolute atomic E-state index is 0.102. The highest BCUT2D eigenvalue weighted by Crippen LogP contribution is 2.40. The molecule has 0 amide bonds. The molecule has 4 nitrogen and oxygen atoms in total. The van der Waals surface area contributed by atoms with Gasteiger partial charge in [0.1, 0.15) is 4.58 Å². The van der Waals surface area contributed by atoms with Crippen LogP contribution in [0.5, 0.6) is 0 Å². The van der Waals surface area contributed by atoms with Crippen LogP contribution in [0, 0.1) is 6.92 Å². The van der Waals surface area contributed by atoms with Gasteiger partial charge in [0.05, 0.1) is 5.71 Å². The summed E-state index contributed by atoms with van der Waals surface area (Å²) >= 11 is 9.46. The van der Waals surface area contributed by atoms with Crippen molar-refractivity contribution in [1.29, 1.82) is 0 Å². The number of hydrogen-bond donors (Lipinski definition) is 0. The predicted molar refractivity (Wildman–Crippen MR) is 100 cm³/mol. The standard InChI is InChI=1S/C17H13ClN4S2/c1-11-19-20-17-22(11)21-15(12-7-9-13(18)10-8-12)16(24-17)23-14-5-3-2-4-6-14/h2-10,16H,1H3. The van der Waals surface area contributed by atoms with Crippen LogP contribution in [0.25, 0.3) is 0 Å². The molecule has 120 valence electrons. The molecular formula is C17H13ClN4S2. The topological polar surface area (TPSA) is 43.1 Å². The fourth-order valence-corrected chi connectivity index (χ4v) is 4.96. The Morgan fingerprint density at radius 3 is 2.54 bits per heavy atom. The molecule has 0 N–H and O–H groups in total. The van der Waals surface area contributed by atoms with Crippen LogP contribution in [-0.2, 0) is 0 Å². The van der Waals surface area contributed by atoms with Crippen molar-refractivity contribution in [3.05, 3.63) is 71.0 Å². The van der Waals surface area contributed by atoms with E-state index in [2.05, 4.69) is 22.3 Å². The predicted octanol–water partition coefficient (Wildman–Crippen LogP) is 4.72. The minimum atomic E-state index is 0.102. The molecule has 0 saturated heterocycles. The Kier molecular flexibility index (Phi) is 4.35. The smallest absolute Gasteiger partial charge is 0.191 e. The van der Waals surface area contributed by atoms with E-state index in [4.69, 9.17) is 16.7 Å². The van der Waals surface area contributed by atoms with Crippen LogP contribution in [-0.4, -0.2) is 25.2 Å². The zero-order valence-corrected chi connectivity index (χ0v) is 15.1. The van der Waals surface area contributed by atoms with Gasteiger partial charge in [-0.3, -0.25) is 0 Å². The Labute approximate surface area is 153 Å². The summed E-state index contributed by atoms with van der Waals surface area (Å²) < 4.78 is 1.90. The lowest BCUT2D eigenvalue weighted by atomic mass is 10.1. The van der Waals surface area contributed by atoms with E-state index in [0.29, 0.717) is 0 Å². The average molecular weight is 373 g/mol. The summed E-state index contributed by atoms with van der Waals surface area (Å²) in [5, 5.41) is 14.7. The van der Waals surface area contributed by atoms with Crippen molar-refractivity contribution >= 4 is 40.8 Å². The van der Waals surface area contributed by atoms with Gasteiger partial charge in [-0.05, 0) is 36.8 Å². The van der Waals surface area contributed by atoms with Gasteiger partial charge in [0.15, 0.2) is 5.82 Å². The van der Waals surface area contributed by atoms with Crippen LogP contribution >= 0.6 is 35.1 Å². The van der Waals surface area contributed by atoms with Crippen LogP contribution in [0.4, 0.5) is 0 Å². The molecule has 1 aliphatic heterocycles. The number of halogens is 1. The Hall–Kier alpha value is -1.76. The summed E-state index contributed by atoms with van der Waals surface area (Å²) in [5.41, 5.74) is 2.04. The van der Waals surface area contributed by atoms with Gasteiger partial charge >= 0.3 is 0 Å². The van der Waals surface area contributed by atoms with Crippen molar-refractivity contribution in [2.45, 2.75) is 21.6 Å². The van der Waals surface area contributed by atoms with Crippen molar-refractivity contribution in [2.75, 3.05) is 0 Å². The zero-order valence-electron chi connectivity index (χ0n) is 12.8. The molecule has 2 heterocycles. The van der Waals surface area contributed by atoms with Crippen LogP contribution < -0.4 is 0 Å². The molecule has 7 heteroatoms. The molecule has 2 aromatic carbocycles. The second kappa shape index (κ2) is 6.63. The molecule has 0 fully saturated rings. The van der Waals surface area contributed by atoms with Crippen LogP contribution in [0.3, 0.4) is 0 Å². The number of fused-ring (bicyclic) bond motifs is 1. The third-order valence-electron chi connectivity index (χ3n) is 3.54. The molecule has 1 aromatic heterocycles. The molecule has 0 spiro atoms. The van der Waals surface area contributed by atoms with Crippen molar-refractivity contribution in [3.8, 4) is 0 Å².